The van der Waals surface area contributed by atoms with Crippen LogP contribution in [-0.4, -0.2) is 28.0 Å². The van der Waals surface area contributed by atoms with E-state index in [1.54, 1.807) is 54.5 Å². The highest BCUT2D eigenvalue weighted by Crippen LogP contribution is 2.42. The van der Waals surface area contributed by atoms with Gasteiger partial charge in [0.2, 0.25) is 5.91 Å². The molecule has 1 aliphatic heterocycles. The standard InChI is InChI=1S/C21H26N2O4S/c1-14(2)20(24)23-13-21(3,4)18-12-17(10-11-19(18)23)28(25,26)22-15-6-8-16(27-5)9-7-15/h6-12,14,22H,13H2,1-5H3. The minimum Gasteiger partial charge on any atom is -0.497 e. The van der Waals surface area contributed by atoms with Crippen LogP contribution >= 0.6 is 0 Å². The molecule has 1 aliphatic rings. The van der Waals surface area contributed by atoms with Gasteiger partial charge in [-0.1, -0.05) is 27.7 Å². The number of fused-ring (bicyclic) bond motifs is 1. The number of amides is 1. The number of methoxy groups -OCH3 is 1. The topological polar surface area (TPSA) is 75.7 Å². The van der Waals surface area contributed by atoms with Gasteiger partial charge in [0.15, 0.2) is 0 Å². The van der Waals surface area contributed by atoms with Gasteiger partial charge >= 0.3 is 0 Å². The Bertz CT molecular complexity index is 996. The van der Waals surface area contributed by atoms with E-state index in [0.717, 1.165) is 11.3 Å². The lowest BCUT2D eigenvalue weighted by molar-refractivity contribution is -0.121. The van der Waals surface area contributed by atoms with Crippen LogP contribution in [0.3, 0.4) is 0 Å². The van der Waals surface area contributed by atoms with Crippen molar-refractivity contribution in [3.63, 3.8) is 0 Å². The fraction of sp³-hybridized carbons (Fsp3) is 0.381. The van der Waals surface area contributed by atoms with Crippen molar-refractivity contribution in [2.75, 3.05) is 23.3 Å². The van der Waals surface area contributed by atoms with Gasteiger partial charge in [-0.05, 0) is 48.0 Å². The number of hydrogen-bond donors (Lipinski definition) is 1. The first-order valence-electron chi connectivity index (χ1n) is 9.18. The van der Waals surface area contributed by atoms with Gasteiger partial charge < -0.3 is 9.64 Å². The molecule has 0 saturated carbocycles. The van der Waals surface area contributed by atoms with Crippen molar-refractivity contribution in [2.45, 2.75) is 38.0 Å². The Hall–Kier alpha value is -2.54. The van der Waals surface area contributed by atoms with E-state index in [1.165, 1.54) is 0 Å². The van der Waals surface area contributed by atoms with Gasteiger partial charge in [0.1, 0.15) is 5.75 Å². The van der Waals surface area contributed by atoms with Crippen molar-refractivity contribution in [3.8, 4) is 5.75 Å². The molecule has 6 nitrogen and oxygen atoms in total. The van der Waals surface area contributed by atoms with Crippen LogP contribution in [0.2, 0.25) is 0 Å². The zero-order chi connectivity index (χ0) is 20.7. The Morgan fingerprint density at radius 1 is 1.14 bits per heavy atom. The number of rotatable bonds is 5. The van der Waals surface area contributed by atoms with E-state index in [4.69, 9.17) is 4.74 Å². The molecule has 1 amide bonds. The summed E-state index contributed by atoms with van der Waals surface area (Å²) in [7, 11) is -2.20. The summed E-state index contributed by atoms with van der Waals surface area (Å²) in [6.07, 6.45) is 0. The molecule has 28 heavy (non-hydrogen) atoms. The zero-order valence-electron chi connectivity index (χ0n) is 16.8. The molecule has 7 heteroatoms. The average molecular weight is 403 g/mol. The number of hydrogen-bond acceptors (Lipinski definition) is 4. The quantitative estimate of drug-likeness (QED) is 0.826. The Kier molecular flexibility index (Phi) is 5.14. The number of anilines is 2. The number of ether oxygens (including phenoxy) is 1. The Morgan fingerprint density at radius 2 is 1.79 bits per heavy atom. The first-order valence-corrected chi connectivity index (χ1v) is 10.7. The SMILES string of the molecule is COc1ccc(NS(=O)(=O)c2ccc3c(c2)C(C)(C)CN3C(=O)C(C)C)cc1. The Labute approximate surface area is 166 Å². The van der Waals surface area contributed by atoms with Crippen LogP contribution in [0.1, 0.15) is 33.3 Å². The summed E-state index contributed by atoms with van der Waals surface area (Å²) in [4.78, 5) is 14.5. The molecular weight excluding hydrogens is 376 g/mol. The van der Waals surface area contributed by atoms with Gasteiger partial charge in [-0.25, -0.2) is 8.42 Å². The predicted molar refractivity (Wildman–Crippen MR) is 110 cm³/mol. The van der Waals surface area contributed by atoms with Crippen LogP contribution in [0.5, 0.6) is 5.75 Å². The van der Waals surface area contributed by atoms with Crippen LogP contribution in [0.25, 0.3) is 0 Å². The lowest BCUT2D eigenvalue weighted by atomic mass is 9.87. The molecule has 0 saturated heterocycles. The Balaban J connectivity index is 1.94. The molecule has 0 bridgehead atoms. The minimum atomic E-state index is -3.75. The van der Waals surface area contributed by atoms with E-state index in [-0.39, 0.29) is 22.1 Å². The molecule has 2 aromatic rings. The van der Waals surface area contributed by atoms with Crippen LogP contribution in [0.4, 0.5) is 11.4 Å². The molecule has 3 rings (SSSR count). The molecule has 0 spiro atoms. The maximum absolute atomic E-state index is 12.9. The summed E-state index contributed by atoms with van der Waals surface area (Å²) in [6, 6.07) is 11.6. The van der Waals surface area contributed by atoms with Crippen molar-refractivity contribution in [1.82, 2.24) is 0 Å². The zero-order valence-corrected chi connectivity index (χ0v) is 17.6. The monoisotopic (exact) mass is 402 g/mol. The fourth-order valence-electron chi connectivity index (χ4n) is 3.41. The van der Waals surface area contributed by atoms with Crippen molar-refractivity contribution < 1.29 is 17.9 Å². The summed E-state index contributed by atoms with van der Waals surface area (Å²) < 4.78 is 33.4. The van der Waals surface area contributed by atoms with Crippen LogP contribution in [-0.2, 0) is 20.2 Å². The lowest BCUT2D eigenvalue weighted by Gasteiger charge is -2.22. The van der Waals surface area contributed by atoms with Gasteiger partial charge in [0, 0.05) is 29.3 Å². The summed E-state index contributed by atoms with van der Waals surface area (Å²) in [5.74, 6) is 0.567. The Morgan fingerprint density at radius 3 is 2.36 bits per heavy atom. The predicted octanol–water partition coefficient (Wildman–Crippen LogP) is 3.78. The summed E-state index contributed by atoms with van der Waals surface area (Å²) in [6.45, 7) is 8.31. The molecule has 150 valence electrons. The van der Waals surface area contributed by atoms with Gasteiger partial charge in [0.25, 0.3) is 10.0 Å². The summed E-state index contributed by atoms with van der Waals surface area (Å²) in [5.41, 5.74) is 1.77. The first kappa shape index (κ1) is 20.2. The largest absolute Gasteiger partial charge is 0.497 e. The number of sulfonamides is 1. The molecule has 1 heterocycles. The highest BCUT2D eigenvalue weighted by molar-refractivity contribution is 7.92. The van der Waals surface area contributed by atoms with Gasteiger partial charge in [-0.3, -0.25) is 9.52 Å². The van der Waals surface area contributed by atoms with E-state index >= 15 is 0 Å². The summed E-state index contributed by atoms with van der Waals surface area (Å²) >= 11 is 0. The summed E-state index contributed by atoms with van der Waals surface area (Å²) in [5, 5.41) is 0. The second kappa shape index (κ2) is 7.13. The molecule has 0 aliphatic carbocycles. The van der Waals surface area contributed by atoms with Gasteiger partial charge in [-0.2, -0.15) is 0 Å². The number of benzene rings is 2. The maximum Gasteiger partial charge on any atom is 0.261 e. The smallest absolute Gasteiger partial charge is 0.261 e. The number of nitrogens with one attached hydrogen (secondary N) is 1. The van der Waals surface area contributed by atoms with Crippen molar-refractivity contribution >= 4 is 27.3 Å². The molecule has 0 atom stereocenters. The third-order valence-electron chi connectivity index (χ3n) is 4.95. The normalized spacial score (nSPS) is 15.4. The molecule has 0 unspecified atom stereocenters. The van der Waals surface area contributed by atoms with Gasteiger partial charge in [-0.15, -0.1) is 0 Å². The molecule has 2 aromatic carbocycles. The molecular formula is C21H26N2O4S. The van der Waals surface area contributed by atoms with E-state index < -0.39 is 10.0 Å². The molecule has 0 aromatic heterocycles. The highest BCUT2D eigenvalue weighted by Gasteiger charge is 2.39. The third-order valence-corrected chi connectivity index (χ3v) is 6.33. The maximum atomic E-state index is 12.9. The van der Waals surface area contributed by atoms with Crippen molar-refractivity contribution in [1.29, 1.82) is 0 Å². The van der Waals surface area contributed by atoms with E-state index in [1.807, 2.05) is 27.7 Å². The number of nitrogens with zero attached hydrogens (tertiary/aromatic N) is 1. The lowest BCUT2D eigenvalue weighted by Crippen LogP contribution is -2.36. The van der Waals surface area contributed by atoms with Crippen molar-refractivity contribution in [2.24, 2.45) is 5.92 Å². The van der Waals surface area contributed by atoms with E-state index in [0.29, 0.717) is 18.0 Å². The van der Waals surface area contributed by atoms with Crippen LogP contribution in [0, 0.1) is 5.92 Å². The highest BCUT2D eigenvalue weighted by atomic mass is 32.2. The van der Waals surface area contributed by atoms with Crippen LogP contribution in [0.15, 0.2) is 47.4 Å². The van der Waals surface area contributed by atoms with Crippen LogP contribution < -0.4 is 14.4 Å². The van der Waals surface area contributed by atoms with Gasteiger partial charge in [0.05, 0.1) is 12.0 Å². The molecule has 0 radical (unpaired) electrons. The molecule has 1 N–H and O–H groups in total. The molecule has 0 fully saturated rings. The van der Waals surface area contributed by atoms with Crippen molar-refractivity contribution in [3.05, 3.63) is 48.0 Å². The number of carbonyl (C=O) groups excluding carboxylic acids is 1. The minimum absolute atomic E-state index is 0.0405. The number of carbonyl (C=O) groups is 1. The van der Waals surface area contributed by atoms with E-state index in [9.17, 15) is 13.2 Å². The second-order valence-corrected chi connectivity index (χ2v) is 9.66. The van der Waals surface area contributed by atoms with E-state index in [2.05, 4.69) is 4.72 Å². The average Bonchev–Trinajstić information content (AvgIpc) is 2.92. The second-order valence-electron chi connectivity index (χ2n) is 7.98. The third kappa shape index (κ3) is 3.71. The fourth-order valence-corrected chi connectivity index (χ4v) is 4.49. The first-order chi connectivity index (χ1) is 13.0.